The van der Waals surface area contributed by atoms with E-state index in [2.05, 4.69) is 5.32 Å². The maximum Gasteiger partial charge on any atom is 0.264 e. The van der Waals surface area contributed by atoms with Gasteiger partial charge in [-0.3, -0.25) is 13.9 Å². The number of sulfonamides is 1. The van der Waals surface area contributed by atoms with Gasteiger partial charge in [-0.1, -0.05) is 50.6 Å². The fraction of sp³-hybridized carbons (Fsp3) is 0.355. The van der Waals surface area contributed by atoms with Gasteiger partial charge in [0.1, 0.15) is 24.2 Å². The molecule has 0 heterocycles. The Morgan fingerprint density at radius 2 is 1.66 bits per heavy atom. The highest BCUT2D eigenvalue weighted by atomic mass is 32.2. The molecule has 0 aliphatic heterocycles. The van der Waals surface area contributed by atoms with Crippen LogP contribution >= 0.6 is 0 Å². The highest BCUT2D eigenvalue weighted by molar-refractivity contribution is 7.92. The first-order chi connectivity index (χ1) is 19.5. The second-order valence-electron chi connectivity index (χ2n) is 10.2. The maximum atomic E-state index is 14.1. The van der Waals surface area contributed by atoms with Gasteiger partial charge < -0.3 is 15.0 Å². The molecule has 0 bridgehead atoms. The lowest BCUT2D eigenvalue weighted by Gasteiger charge is -2.33. The number of methoxy groups -OCH3 is 1. The molecule has 0 aromatic heterocycles. The van der Waals surface area contributed by atoms with Crippen molar-refractivity contribution in [1.82, 2.24) is 10.2 Å². The van der Waals surface area contributed by atoms with Crippen molar-refractivity contribution in [3.05, 3.63) is 89.7 Å². The number of ether oxygens (including phenoxy) is 1. The Morgan fingerprint density at radius 1 is 1.00 bits per heavy atom. The third kappa shape index (κ3) is 8.29. The first-order valence-electron chi connectivity index (χ1n) is 13.5. The van der Waals surface area contributed by atoms with Crippen LogP contribution in [0.5, 0.6) is 5.75 Å². The van der Waals surface area contributed by atoms with Gasteiger partial charge in [-0.05, 0) is 73.4 Å². The lowest BCUT2D eigenvalue weighted by Crippen LogP contribution is -2.52. The number of aryl methyl sites for hydroxylation is 1. The average molecular weight is 584 g/mol. The van der Waals surface area contributed by atoms with Crippen molar-refractivity contribution in [1.29, 1.82) is 0 Å². The first-order valence-corrected chi connectivity index (χ1v) is 14.9. The Bertz CT molecular complexity index is 1430. The van der Waals surface area contributed by atoms with E-state index >= 15 is 0 Å². The van der Waals surface area contributed by atoms with Gasteiger partial charge in [0.25, 0.3) is 10.0 Å². The summed E-state index contributed by atoms with van der Waals surface area (Å²) in [6, 6.07) is 17.4. The SMILES string of the molecule is CC[C@@H](C(=O)NCC(C)C)N(Cc1cccc(C)c1)C(=O)CN(c1ccc(F)cc1)S(=O)(=O)c1ccc(OC)cc1. The van der Waals surface area contributed by atoms with E-state index in [0.29, 0.717) is 18.7 Å². The van der Waals surface area contributed by atoms with E-state index in [4.69, 9.17) is 4.74 Å². The fourth-order valence-electron chi connectivity index (χ4n) is 4.36. The molecule has 0 aliphatic rings. The van der Waals surface area contributed by atoms with Gasteiger partial charge in [0, 0.05) is 13.1 Å². The highest BCUT2D eigenvalue weighted by Crippen LogP contribution is 2.26. The van der Waals surface area contributed by atoms with Gasteiger partial charge in [0.15, 0.2) is 0 Å². The third-order valence-corrected chi connectivity index (χ3v) is 8.33. The van der Waals surface area contributed by atoms with Crippen molar-refractivity contribution in [3.8, 4) is 5.75 Å². The summed E-state index contributed by atoms with van der Waals surface area (Å²) in [6.07, 6.45) is 0.323. The zero-order valence-corrected chi connectivity index (χ0v) is 24.9. The highest BCUT2D eigenvalue weighted by Gasteiger charge is 2.33. The molecular formula is C31H38FN3O5S. The molecule has 3 aromatic carbocycles. The van der Waals surface area contributed by atoms with Crippen LogP contribution < -0.4 is 14.4 Å². The van der Waals surface area contributed by atoms with Crippen LogP contribution in [0.25, 0.3) is 0 Å². The van der Waals surface area contributed by atoms with Crippen LogP contribution in [-0.2, 0) is 26.2 Å². The van der Waals surface area contributed by atoms with E-state index in [-0.39, 0.29) is 29.0 Å². The number of nitrogens with one attached hydrogen (secondary N) is 1. The summed E-state index contributed by atoms with van der Waals surface area (Å²) in [6.45, 7) is 7.63. The predicted molar refractivity (Wildman–Crippen MR) is 158 cm³/mol. The monoisotopic (exact) mass is 583 g/mol. The zero-order valence-electron chi connectivity index (χ0n) is 24.1. The minimum absolute atomic E-state index is 0.0672. The van der Waals surface area contributed by atoms with Gasteiger partial charge in [-0.15, -0.1) is 0 Å². The van der Waals surface area contributed by atoms with Crippen molar-refractivity contribution in [2.45, 2.75) is 51.6 Å². The van der Waals surface area contributed by atoms with E-state index in [1.54, 1.807) is 0 Å². The number of hydrogen-bond donors (Lipinski definition) is 1. The van der Waals surface area contributed by atoms with Gasteiger partial charge in [0.2, 0.25) is 11.8 Å². The third-order valence-electron chi connectivity index (χ3n) is 6.55. The molecule has 3 aromatic rings. The van der Waals surface area contributed by atoms with E-state index in [9.17, 15) is 22.4 Å². The van der Waals surface area contributed by atoms with Crippen molar-refractivity contribution in [2.24, 2.45) is 5.92 Å². The lowest BCUT2D eigenvalue weighted by atomic mass is 10.1. The van der Waals surface area contributed by atoms with Crippen LogP contribution in [0, 0.1) is 18.7 Å². The average Bonchev–Trinajstić information content (AvgIpc) is 2.95. The number of carbonyl (C=O) groups excluding carboxylic acids is 2. The van der Waals surface area contributed by atoms with Crippen molar-refractivity contribution < 1.29 is 27.1 Å². The van der Waals surface area contributed by atoms with Crippen LogP contribution in [0.15, 0.2) is 77.7 Å². The van der Waals surface area contributed by atoms with Crippen LogP contribution in [0.4, 0.5) is 10.1 Å². The van der Waals surface area contributed by atoms with Crippen LogP contribution in [0.3, 0.4) is 0 Å². The second-order valence-corrected chi connectivity index (χ2v) is 12.1. The van der Waals surface area contributed by atoms with E-state index in [1.807, 2.05) is 52.0 Å². The maximum absolute atomic E-state index is 14.1. The molecule has 2 amide bonds. The van der Waals surface area contributed by atoms with Crippen LogP contribution in [-0.4, -0.2) is 51.4 Å². The summed E-state index contributed by atoms with van der Waals surface area (Å²) >= 11 is 0. The quantitative estimate of drug-likeness (QED) is 0.308. The van der Waals surface area contributed by atoms with E-state index in [0.717, 1.165) is 27.6 Å². The predicted octanol–water partition coefficient (Wildman–Crippen LogP) is 4.92. The molecular weight excluding hydrogens is 545 g/mol. The standard InChI is InChI=1S/C31H38FN3O5S/c1-6-29(31(37)33-19-22(2)3)34(20-24-9-7-8-23(4)18-24)30(36)21-35(26-12-10-25(32)11-13-26)41(38,39)28-16-14-27(40-5)15-17-28/h7-18,22,29H,6,19-21H2,1-5H3,(H,33,37)/t29-/m0/s1. The topological polar surface area (TPSA) is 96.0 Å². The van der Waals surface area contributed by atoms with Gasteiger partial charge >= 0.3 is 0 Å². The number of rotatable bonds is 13. The Kier molecular flexibility index (Phi) is 10.9. The molecule has 3 rings (SSSR count). The van der Waals surface area contributed by atoms with Crippen LogP contribution in [0.2, 0.25) is 0 Å². The number of anilines is 1. The minimum atomic E-state index is -4.27. The van der Waals surface area contributed by atoms with E-state index < -0.39 is 34.3 Å². The second kappa shape index (κ2) is 14.1. The zero-order chi connectivity index (χ0) is 30.2. The summed E-state index contributed by atoms with van der Waals surface area (Å²) in [4.78, 5) is 28.7. The number of hydrogen-bond acceptors (Lipinski definition) is 5. The molecule has 8 nitrogen and oxygen atoms in total. The number of halogens is 1. The summed E-state index contributed by atoms with van der Waals surface area (Å²) in [5, 5.41) is 2.91. The summed E-state index contributed by atoms with van der Waals surface area (Å²) in [5.41, 5.74) is 1.91. The summed E-state index contributed by atoms with van der Waals surface area (Å²) in [7, 11) is -2.80. The molecule has 0 radical (unpaired) electrons. The molecule has 0 aliphatic carbocycles. The molecule has 1 N–H and O–H groups in total. The Morgan fingerprint density at radius 3 is 2.22 bits per heavy atom. The molecule has 220 valence electrons. The lowest BCUT2D eigenvalue weighted by molar-refractivity contribution is -0.140. The van der Waals surface area contributed by atoms with Crippen LogP contribution in [0.1, 0.15) is 38.3 Å². The molecule has 0 saturated carbocycles. The number of benzene rings is 3. The number of amides is 2. The van der Waals surface area contributed by atoms with Gasteiger partial charge in [0.05, 0.1) is 17.7 Å². The molecule has 0 saturated heterocycles. The van der Waals surface area contributed by atoms with Gasteiger partial charge in [-0.2, -0.15) is 0 Å². The molecule has 0 spiro atoms. The fourth-order valence-corrected chi connectivity index (χ4v) is 5.77. The van der Waals surface area contributed by atoms with Gasteiger partial charge in [-0.25, -0.2) is 12.8 Å². The largest absolute Gasteiger partial charge is 0.497 e. The Balaban J connectivity index is 2.04. The summed E-state index contributed by atoms with van der Waals surface area (Å²) in [5.74, 6) is -0.749. The molecule has 0 unspecified atom stereocenters. The van der Waals surface area contributed by atoms with Crippen molar-refractivity contribution in [2.75, 3.05) is 24.5 Å². The smallest absolute Gasteiger partial charge is 0.264 e. The van der Waals surface area contributed by atoms with Crippen molar-refractivity contribution in [3.63, 3.8) is 0 Å². The Labute approximate surface area is 242 Å². The Hall–Kier alpha value is -3.92. The van der Waals surface area contributed by atoms with E-state index in [1.165, 1.54) is 48.4 Å². The summed E-state index contributed by atoms with van der Waals surface area (Å²) < 4.78 is 47.6. The normalized spacial score (nSPS) is 12.1. The molecule has 1 atom stereocenters. The number of nitrogens with zero attached hydrogens (tertiary/aromatic N) is 2. The number of carbonyl (C=O) groups is 2. The molecule has 10 heteroatoms. The molecule has 41 heavy (non-hydrogen) atoms. The van der Waals surface area contributed by atoms with Crippen molar-refractivity contribution >= 4 is 27.5 Å². The minimum Gasteiger partial charge on any atom is -0.497 e. The molecule has 0 fully saturated rings. The first kappa shape index (κ1) is 31.6.